The average molecular weight is 352 g/mol. The first-order valence-corrected chi connectivity index (χ1v) is 8.70. The van der Waals surface area contributed by atoms with Crippen LogP contribution in [0.25, 0.3) is 0 Å². The van der Waals surface area contributed by atoms with E-state index in [-0.39, 0.29) is 12.3 Å². The van der Waals surface area contributed by atoms with Gasteiger partial charge in [-0.3, -0.25) is 4.79 Å². The van der Waals surface area contributed by atoms with Gasteiger partial charge in [0.2, 0.25) is 15.9 Å². The Kier molecular flexibility index (Phi) is 4.33. The van der Waals surface area contributed by atoms with Gasteiger partial charge in [-0.25, -0.2) is 17.2 Å². The van der Waals surface area contributed by atoms with Crippen molar-refractivity contribution in [3.05, 3.63) is 60.2 Å². The van der Waals surface area contributed by atoms with Crippen LogP contribution in [0.3, 0.4) is 0 Å². The van der Waals surface area contributed by atoms with Gasteiger partial charge in [0.15, 0.2) is 11.6 Å². The lowest BCUT2D eigenvalue weighted by Crippen LogP contribution is -2.41. The predicted molar refractivity (Wildman–Crippen MR) is 83.9 cm³/mol. The molecule has 2 aromatic carbocycles. The summed E-state index contributed by atoms with van der Waals surface area (Å²) in [6, 6.07) is 10.2. The zero-order valence-corrected chi connectivity index (χ0v) is 13.3. The first-order chi connectivity index (χ1) is 11.4. The highest BCUT2D eigenvalue weighted by Gasteiger charge is 2.35. The smallest absolute Gasteiger partial charge is 0.245 e. The molecule has 5 nitrogen and oxygen atoms in total. The molecule has 0 saturated carbocycles. The normalized spacial score (nSPS) is 18.2. The molecular formula is C16H14F2N2O3S. The van der Waals surface area contributed by atoms with Crippen LogP contribution in [0.5, 0.6) is 0 Å². The van der Waals surface area contributed by atoms with Crippen molar-refractivity contribution in [2.45, 2.75) is 17.4 Å². The number of benzene rings is 2. The topological polar surface area (TPSA) is 66.5 Å². The summed E-state index contributed by atoms with van der Waals surface area (Å²) in [6.07, 6.45) is 0.288. The zero-order valence-electron chi connectivity index (χ0n) is 12.4. The van der Waals surface area contributed by atoms with Crippen molar-refractivity contribution < 1.29 is 22.0 Å². The van der Waals surface area contributed by atoms with Crippen LogP contribution in [-0.2, 0) is 14.8 Å². The lowest BCUT2D eigenvalue weighted by molar-refractivity contribution is -0.118. The van der Waals surface area contributed by atoms with E-state index in [1.165, 1.54) is 4.90 Å². The Balaban J connectivity index is 1.78. The van der Waals surface area contributed by atoms with Gasteiger partial charge in [-0.1, -0.05) is 18.2 Å². The van der Waals surface area contributed by atoms with Gasteiger partial charge in [0.05, 0.1) is 4.90 Å². The highest BCUT2D eigenvalue weighted by atomic mass is 32.2. The molecule has 1 N–H and O–H groups in total. The zero-order chi connectivity index (χ0) is 17.3. The summed E-state index contributed by atoms with van der Waals surface area (Å²) < 4.78 is 53.0. The number of hydrogen-bond acceptors (Lipinski definition) is 3. The fraction of sp³-hybridized carbons (Fsp3) is 0.188. The van der Waals surface area contributed by atoms with E-state index in [4.69, 9.17) is 0 Å². The summed E-state index contributed by atoms with van der Waals surface area (Å²) >= 11 is 0. The highest BCUT2D eigenvalue weighted by Crippen LogP contribution is 2.22. The Labute approximate surface area is 138 Å². The number of anilines is 1. The van der Waals surface area contributed by atoms with Crippen LogP contribution in [0.4, 0.5) is 14.5 Å². The molecule has 0 spiro atoms. The van der Waals surface area contributed by atoms with Crippen LogP contribution in [0.1, 0.15) is 6.42 Å². The Morgan fingerprint density at radius 2 is 1.75 bits per heavy atom. The van der Waals surface area contributed by atoms with E-state index in [0.717, 1.165) is 12.1 Å². The summed E-state index contributed by atoms with van der Waals surface area (Å²) in [5.41, 5.74) is 0.678. The third-order valence-electron chi connectivity index (χ3n) is 3.77. The number of amides is 1. The third kappa shape index (κ3) is 3.15. The molecule has 1 heterocycles. The minimum atomic E-state index is -4.13. The molecule has 126 valence electrons. The number of nitrogens with one attached hydrogen (secondary N) is 1. The minimum absolute atomic E-state index is 0.288. The van der Waals surface area contributed by atoms with E-state index < -0.39 is 32.6 Å². The molecule has 0 aliphatic carbocycles. The Hall–Kier alpha value is -2.32. The van der Waals surface area contributed by atoms with Crippen molar-refractivity contribution >= 4 is 21.6 Å². The molecule has 2 aromatic rings. The molecule has 8 heteroatoms. The molecular weight excluding hydrogens is 338 g/mol. The Bertz CT molecular complexity index is 872. The van der Waals surface area contributed by atoms with Crippen molar-refractivity contribution in [3.63, 3.8) is 0 Å². The van der Waals surface area contributed by atoms with Gasteiger partial charge in [0.25, 0.3) is 0 Å². The van der Waals surface area contributed by atoms with E-state index in [2.05, 4.69) is 4.72 Å². The number of hydrogen-bond donors (Lipinski definition) is 1. The predicted octanol–water partition coefficient (Wildman–Crippen LogP) is 2.05. The van der Waals surface area contributed by atoms with Gasteiger partial charge < -0.3 is 4.90 Å². The quantitative estimate of drug-likeness (QED) is 0.916. The first kappa shape index (κ1) is 16.5. The van der Waals surface area contributed by atoms with Crippen LogP contribution in [0.15, 0.2) is 53.4 Å². The molecule has 1 amide bonds. The molecule has 0 radical (unpaired) electrons. The second-order valence-electron chi connectivity index (χ2n) is 5.36. The van der Waals surface area contributed by atoms with Crippen LogP contribution < -0.4 is 9.62 Å². The maximum Gasteiger partial charge on any atom is 0.245 e. The third-order valence-corrected chi connectivity index (χ3v) is 5.24. The van der Waals surface area contributed by atoms with Crippen LogP contribution in [-0.4, -0.2) is 26.9 Å². The number of carbonyl (C=O) groups excluding carboxylic acids is 1. The molecule has 0 unspecified atom stereocenters. The lowest BCUT2D eigenvalue weighted by atomic mass is 10.3. The number of rotatable bonds is 4. The molecule has 1 aliphatic heterocycles. The maximum atomic E-state index is 13.2. The minimum Gasteiger partial charge on any atom is -0.311 e. The number of carbonyl (C=O) groups is 1. The number of sulfonamides is 1. The fourth-order valence-corrected chi connectivity index (χ4v) is 3.79. The summed E-state index contributed by atoms with van der Waals surface area (Å²) in [5.74, 6) is -2.78. The van der Waals surface area contributed by atoms with Gasteiger partial charge in [0, 0.05) is 12.2 Å². The van der Waals surface area contributed by atoms with Crippen LogP contribution in [0.2, 0.25) is 0 Å². The van der Waals surface area contributed by atoms with E-state index in [1.54, 1.807) is 24.3 Å². The highest BCUT2D eigenvalue weighted by molar-refractivity contribution is 7.89. The first-order valence-electron chi connectivity index (χ1n) is 7.22. The molecule has 0 bridgehead atoms. The van der Waals surface area contributed by atoms with E-state index in [1.807, 2.05) is 6.07 Å². The summed E-state index contributed by atoms with van der Waals surface area (Å²) in [7, 11) is -4.13. The molecule has 1 atom stereocenters. The molecule has 3 rings (SSSR count). The lowest BCUT2D eigenvalue weighted by Gasteiger charge is -2.17. The number of nitrogens with zero attached hydrogens (tertiary/aromatic N) is 1. The van der Waals surface area contributed by atoms with Crippen molar-refractivity contribution in [3.8, 4) is 0 Å². The number of halogens is 2. The van der Waals surface area contributed by atoms with Gasteiger partial charge in [-0.2, -0.15) is 4.72 Å². The SMILES string of the molecule is O=C1[C@@H](NS(=O)(=O)c2ccc(F)c(F)c2)CCN1c1ccccc1. The standard InChI is InChI=1S/C16H14F2N2O3S/c17-13-7-6-12(10-14(13)18)24(22,23)19-15-8-9-20(16(15)21)11-4-2-1-3-5-11/h1-7,10,15,19H,8-9H2/t15-/m0/s1. The van der Waals surface area contributed by atoms with Crippen molar-refractivity contribution in [1.29, 1.82) is 0 Å². The van der Waals surface area contributed by atoms with Gasteiger partial charge in [-0.15, -0.1) is 0 Å². The Morgan fingerprint density at radius 1 is 1.04 bits per heavy atom. The van der Waals surface area contributed by atoms with Crippen LogP contribution in [0, 0.1) is 11.6 Å². The molecule has 1 saturated heterocycles. The summed E-state index contributed by atoms with van der Waals surface area (Å²) in [4.78, 5) is 13.5. The second-order valence-corrected chi connectivity index (χ2v) is 7.08. The van der Waals surface area contributed by atoms with E-state index in [0.29, 0.717) is 18.3 Å². The van der Waals surface area contributed by atoms with Gasteiger partial charge in [0.1, 0.15) is 6.04 Å². The largest absolute Gasteiger partial charge is 0.311 e. The Morgan fingerprint density at radius 3 is 2.42 bits per heavy atom. The monoisotopic (exact) mass is 352 g/mol. The molecule has 1 aliphatic rings. The van der Waals surface area contributed by atoms with E-state index in [9.17, 15) is 22.0 Å². The van der Waals surface area contributed by atoms with Crippen LogP contribution >= 0.6 is 0 Å². The van der Waals surface area contributed by atoms with Crippen molar-refractivity contribution in [2.75, 3.05) is 11.4 Å². The molecule has 0 aromatic heterocycles. The van der Waals surface area contributed by atoms with Crippen molar-refractivity contribution in [2.24, 2.45) is 0 Å². The average Bonchev–Trinajstić information content (AvgIpc) is 2.91. The fourth-order valence-electron chi connectivity index (χ4n) is 2.55. The number of para-hydroxylation sites is 1. The second kappa shape index (κ2) is 6.29. The van der Waals surface area contributed by atoms with Crippen molar-refractivity contribution in [1.82, 2.24) is 4.72 Å². The molecule has 24 heavy (non-hydrogen) atoms. The van der Waals surface area contributed by atoms with E-state index >= 15 is 0 Å². The summed E-state index contributed by atoms with van der Waals surface area (Å²) in [5, 5.41) is 0. The van der Waals surface area contributed by atoms with Gasteiger partial charge >= 0.3 is 0 Å². The maximum absolute atomic E-state index is 13.2. The molecule has 1 fully saturated rings. The summed E-state index contributed by atoms with van der Waals surface area (Å²) in [6.45, 7) is 0.369. The van der Waals surface area contributed by atoms with Gasteiger partial charge in [-0.05, 0) is 36.8 Å².